The van der Waals surface area contributed by atoms with Crippen LogP contribution in [0.3, 0.4) is 0 Å². The number of aryl methyl sites for hydroxylation is 3. The van der Waals surface area contributed by atoms with Crippen molar-refractivity contribution in [1.29, 1.82) is 0 Å². The van der Waals surface area contributed by atoms with Crippen LogP contribution >= 0.6 is 0 Å². The molecule has 4 rings (SSSR count). The first-order valence-corrected chi connectivity index (χ1v) is 8.69. The lowest BCUT2D eigenvalue weighted by molar-refractivity contribution is 0.0931. The van der Waals surface area contributed by atoms with E-state index in [9.17, 15) is 4.79 Å². The Bertz CT molecular complexity index is 966. The van der Waals surface area contributed by atoms with Crippen molar-refractivity contribution < 1.29 is 9.32 Å². The molecule has 7 nitrogen and oxygen atoms in total. The number of carbonyl (C=O) groups excluding carboxylic acids is 1. The third-order valence-corrected chi connectivity index (χ3v) is 4.67. The fraction of sp³-hybridized carbons (Fsp3) is 0.316. The Labute approximate surface area is 150 Å². The van der Waals surface area contributed by atoms with E-state index in [1.54, 1.807) is 6.20 Å². The van der Waals surface area contributed by atoms with E-state index in [0.717, 1.165) is 29.5 Å². The summed E-state index contributed by atoms with van der Waals surface area (Å²) < 4.78 is 5.19. The largest absolute Gasteiger partial charge is 0.344 e. The lowest BCUT2D eigenvalue weighted by atomic mass is 10.0. The van der Waals surface area contributed by atoms with E-state index >= 15 is 0 Å². The molecule has 0 radical (unpaired) electrons. The Hall–Kier alpha value is -3.09. The van der Waals surface area contributed by atoms with Crippen LogP contribution in [-0.4, -0.2) is 26.0 Å². The summed E-state index contributed by atoms with van der Waals surface area (Å²) in [5.74, 6) is 1.07. The van der Waals surface area contributed by atoms with Gasteiger partial charge in [0.1, 0.15) is 12.0 Å². The first-order valence-electron chi connectivity index (χ1n) is 8.69. The fourth-order valence-corrected chi connectivity index (χ4v) is 3.29. The van der Waals surface area contributed by atoms with Gasteiger partial charge in [-0.25, -0.2) is 9.97 Å². The molecule has 0 bridgehead atoms. The lowest BCUT2D eigenvalue weighted by Crippen LogP contribution is -2.28. The number of benzene rings is 1. The van der Waals surface area contributed by atoms with E-state index in [0.29, 0.717) is 23.8 Å². The first-order chi connectivity index (χ1) is 12.7. The molecule has 1 atom stereocenters. The predicted molar refractivity (Wildman–Crippen MR) is 94.4 cm³/mol. The third-order valence-electron chi connectivity index (χ3n) is 4.67. The van der Waals surface area contributed by atoms with Crippen LogP contribution in [0.1, 0.15) is 52.5 Å². The first kappa shape index (κ1) is 16.4. The monoisotopic (exact) mass is 349 g/mol. The van der Waals surface area contributed by atoms with Gasteiger partial charge in [-0.15, -0.1) is 0 Å². The van der Waals surface area contributed by atoms with Crippen molar-refractivity contribution in [2.75, 3.05) is 0 Å². The van der Waals surface area contributed by atoms with Gasteiger partial charge in [-0.1, -0.05) is 24.2 Å². The van der Waals surface area contributed by atoms with Crippen LogP contribution in [-0.2, 0) is 12.8 Å². The number of amides is 1. The number of rotatable bonds is 4. The molecule has 0 fully saturated rings. The maximum atomic E-state index is 12.5. The van der Waals surface area contributed by atoms with E-state index in [4.69, 9.17) is 4.52 Å². The third kappa shape index (κ3) is 2.96. The van der Waals surface area contributed by atoms with Crippen LogP contribution in [0.2, 0.25) is 0 Å². The summed E-state index contributed by atoms with van der Waals surface area (Å²) in [6.07, 6.45) is 5.52. The van der Waals surface area contributed by atoms with Crippen molar-refractivity contribution in [3.63, 3.8) is 0 Å². The minimum absolute atomic E-state index is 0.0163. The molecule has 1 aliphatic carbocycles. The molecule has 1 aliphatic rings. The van der Waals surface area contributed by atoms with E-state index in [2.05, 4.69) is 31.5 Å². The molecule has 2 heterocycles. The second-order valence-corrected chi connectivity index (χ2v) is 6.40. The quantitative estimate of drug-likeness (QED) is 0.778. The Morgan fingerprint density at radius 3 is 3.04 bits per heavy atom. The molecule has 26 heavy (non-hydrogen) atoms. The summed E-state index contributed by atoms with van der Waals surface area (Å²) in [4.78, 5) is 24.9. The molecule has 0 aliphatic heterocycles. The SMILES string of the molecule is CCc1nc(-c2ccc3c(c2)CCC3NC(=O)c2ncncc2C)no1. The van der Waals surface area contributed by atoms with Crippen LogP contribution in [0, 0.1) is 6.92 Å². The molecular weight excluding hydrogens is 330 g/mol. The van der Waals surface area contributed by atoms with Gasteiger partial charge < -0.3 is 9.84 Å². The second-order valence-electron chi connectivity index (χ2n) is 6.40. The van der Waals surface area contributed by atoms with Crippen molar-refractivity contribution in [2.24, 2.45) is 0 Å². The van der Waals surface area contributed by atoms with Crippen molar-refractivity contribution >= 4 is 5.91 Å². The Kier molecular flexibility index (Phi) is 4.20. The standard InChI is InChI=1S/C19H19N5O2/c1-3-16-23-18(24-26-16)13-4-6-14-12(8-13)5-7-15(14)22-19(25)17-11(2)9-20-10-21-17/h4,6,8-10,15H,3,5,7H2,1-2H3,(H,22,25). The van der Waals surface area contributed by atoms with Gasteiger partial charge in [0, 0.05) is 18.2 Å². The van der Waals surface area contributed by atoms with Crippen molar-refractivity contribution in [3.8, 4) is 11.4 Å². The summed E-state index contributed by atoms with van der Waals surface area (Å²) in [6, 6.07) is 6.08. The maximum Gasteiger partial charge on any atom is 0.270 e. The van der Waals surface area contributed by atoms with E-state index in [-0.39, 0.29) is 11.9 Å². The summed E-state index contributed by atoms with van der Waals surface area (Å²) >= 11 is 0. The average Bonchev–Trinajstić information content (AvgIpc) is 3.29. The van der Waals surface area contributed by atoms with Crippen molar-refractivity contribution in [1.82, 2.24) is 25.4 Å². The summed E-state index contributed by atoms with van der Waals surface area (Å²) in [6.45, 7) is 3.81. The molecule has 7 heteroatoms. The van der Waals surface area contributed by atoms with Gasteiger partial charge in [0.15, 0.2) is 0 Å². The zero-order valence-electron chi connectivity index (χ0n) is 14.7. The van der Waals surface area contributed by atoms with Gasteiger partial charge in [-0.2, -0.15) is 4.98 Å². The Balaban J connectivity index is 1.55. The zero-order valence-corrected chi connectivity index (χ0v) is 14.7. The van der Waals surface area contributed by atoms with Gasteiger partial charge in [0.2, 0.25) is 11.7 Å². The highest BCUT2D eigenvalue weighted by molar-refractivity contribution is 5.93. The molecule has 0 saturated carbocycles. The van der Waals surface area contributed by atoms with E-state index < -0.39 is 0 Å². The summed E-state index contributed by atoms with van der Waals surface area (Å²) in [5.41, 5.74) is 4.46. The Morgan fingerprint density at radius 1 is 1.38 bits per heavy atom. The molecule has 1 unspecified atom stereocenters. The Morgan fingerprint density at radius 2 is 2.27 bits per heavy atom. The molecule has 3 aromatic rings. The highest BCUT2D eigenvalue weighted by Gasteiger charge is 2.26. The van der Waals surface area contributed by atoms with Gasteiger partial charge in [-0.05, 0) is 42.5 Å². The zero-order chi connectivity index (χ0) is 18.1. The van der Waals surface area contributed by atoms with Crippen LogP contribution in [0.5, 0.6) is 0 Å². The molecule has 1 N–H and O–H groups in total. The molecule has 132 valence electrons. The number of hydrogen-bond donors (Lipinski definition) is 1. The fourth-order valence-electron chi connectivity index (χ4n) is 3.29. The topological polar surface area (TPSA) is 93.8 Å². The number of nitrogens with zero attached hydrogens (tertiary/aromatic N) is 4. The highest BCUT2D eigenvalue weighted by Crippen LogP contribution is 2.34. The number of carbonyl (C=O) groups is 1. The average molecular weight is 349 g/mol. The van der Waals surface area contributed by atoms with Crippen LogP contribution in [0.15, 0.2) is 35.2 Å². The number of aromatic nitrogens is 4. The normalized spacial score (nSPS) is 15.7. The highest BCUT2D eigenvalue weighted by atomic mass is 16.5. The van der Waals surface area contributed by atoms with Crippen LogP contribution < -0.4 is 5.32 Å². The van der Waals surface area contributed by atoms with Gasteiger partial charge >= 0.3 is 0 Å². The minimum atomic E-state index is -0.169. The van der Waals surface area contributed by atoms with E-state index in [1.165, 1.54) is 11.9 Å². The maximum absolute atomic E-state index is 12.5. The van der Waals surface area contributed by atoms with Gasteiger partial charge in [0.25, 0.3) is 5.91 Å². The summed E-state index contributed by atoms with van der Waals surface area (Å²) in [7, 11) is 0. The predicted octanol–water partition coefficient (Wildman–Crippen LogP) is 2.81. The molecule has 0 spiro atoms. The minimum Gasteiger partial charge on any atom is -0.344 e. The second kappa shape index (κ2) is 6.67. The smallest absolute Gasteiger partial charge is 0.270 e. The van der Waals surface area contributed by atoms with Gasteiger partial charge in [-0.3, -0.25) is 4.79 Å². The van der Waals surface area contributed by atoms with Crippen molar-refractivity contribution in [2.45, 2.75) is 39.2 Å². The molecule has 1 aromatic carbocycles. The van der Waals surface area contributed by atoms with Crippen LogP contribution in [0.25, 0.3) is 11.4 Å². The number of fused-ring (bicyclic) bond motifs is 1. The molecule has 1 amide bonds. The van der Waals surface area contributed by atoms with Crippen molar-refractivity contribution in [3.05, 3.63) is 59.0 Å². The summed E-state index contributed by atoms with van der Waals surface area (Å²) in [5, 5.41) is 7.12. The van der Waals surface area contributed by atoms with Crippen LogP contribution in [0.4, 0.5) is 0 Å². The molecule has 0 saturated heterocycles. The lowest BCUT2D eigenvalue weighted by Gasteiger charge is -2.14. The molecular formula is C19H19N5O2. The van der Waals surface area contributed by atoms with Gasteiger partial charge in [0.05, 0.1) is 6.04 Å². The number of hydrogen-bond acceptors (Lipinski definition) is 6. The number of nitrogens with one attached hydrogen (secondary N) is 1. The molecule has 2 aromatic heterocycles. The van der Waals surface area contributed by atoms with E-state index in [1.807, 2.05) is 26.0 Å².